The Hall–Kier alpha value is -1.22. The zero-order valence-electron chi connectivity index (χ0n) is 8.12. The van der Waals surface area contributed by atoms with Crippen molar-refractivity contribution in [2.75, 3.05) is 30.8 Å². The Bertz CT molecular complexity index is 286. The fourth-order valence-corrected chi connectivity index (χ4v) is 1.38. The number of nitrogens with zero attached hydrogens (tertiary/aromatic N) is 1. The summed E-state index contributed by atoms with van der Waals surface area (Å²) in [4.78, 5) is 2.01. The van der Waals surface area contributed by atoms with Gasteiger partial charge in [0, 0.05) is 25.0 Å². The van der Waals surface area contributed by atoms with Crippen molar-refractivity contribution < 1.29 is 5.11 Å². The average Bonchev–Trinajstić information content (AvgIpc) is 2.04. The highest BCUT2D eigenvalue weighted by Crippen LogP contribution is 2.20. The summed E-state index contributed by atoms with van der Waals surface area (Å²) in [5.74, 6) is 0. The lowest BCUT2D eigenvalue weighted by molar-refractivity contribution is 0.304. The van der Waals surface area contributed by atoms with E-state index in [0.29, 0.717) is 6.54 Å². The van der Waals surface area contributed by atoms with Crippen LogP contribution in [0.4, 0.5) is 11.4 Å². The van der Waals surface area contributed by atoms with E-state index in [4.69, 9.17) is 10.8 Å². The summed E-state index contributed by atoms with van der Waals surface area (Å²) in [6.07, 6.45) is 0. The molecule has 0 aliphatic heterocycles. The van der Waals surface area contributed by atoms with Crippen molar-refractivity contribution in [3.8, 4) is 0 Å². The van der Waals surface area contributed by atoms with E-state index in [9.17, 15) is 0 Å². The van der Waals surface area contributed by atoms with Gasteiger partial charge in [-0.1, -0.05) is 0 Å². The summed E-state index contributed by atoms with van der Waals surface area (Å²) in [6, 6.07) is 5.78. The van der Waals surface area contributed by atoms with Gasteiger partial charge in [0.1, 0.15) is 0 Å². The summed E-state index contributed by atoms with van der Waals surface area (Å²) < 4.78 is 0. The standard InChI is InChI=1S/C10H16N2O/c1-8-7-9(11)3-4-10(8)12(2)5-6-13/h3-4,7,13H,5-6,11H2,1-2H3. The van der Waals surface area contributed by atoms with Crippen molar-refractivity contribution in [1.82, 2.24) is 0 Å². The van der Waals surface area contributed by atoms with Crippen LogP contribution in [0.1, 0.15) is 5.56 Å². The number of aliphatic hydroxyl groups is 1. The van der Waals surface area contributed by atoms with E-state index in [0.717, 1.165) is 16.9 Å². The smallest absolute Gasteiger partial charge is 0.0606 e. The Morgan fingerprint density at radius 2 is 2.15 bits per heavy atom. The molecule has 0 aromatic heterocycles. The van der Waals surface area contributed by atoms with Crippen molar-refractivity contribution in [3.05, 3.63) is 23.8 Å². The van der Waals surface area contributed by atoms with Crippen molar-refractivity contribution in [1.29, 1.82) is 0 Å². The molecule has 0 aliphatic rings. The van der Waals surface area contributed by atoms with Crippen molar-refractivity contribution >= 4 is 11.4 Å². The van der Waals surface area contributed by atoms with Crippen LogP contribution in [-0.4, -0.2) is 25.3 Å². The van der Waals surface area contributed by atoms with Gasteiger partial charge in [0.25, 0.3) is 0 Å². The van der Waals surface area contributed by atoms with Crippen LogP contribution in [0, 0.1) is 6.92 Å². The Labute approximate surface area is 78.8 Å². The predicted octanol–water partition coefficient (Wildman–Crippen LogP) is 1.01. The molecule has 0 amide bonds. The fourth-order valence-electron chi connectivity index (χ4n) is 1.38. The van der Waals surface area contributed by atoms with Crippen molar-refractivity contribution in [2.45, 2.75) is 6.92 Å². The van der Waals surface area contributed by atoms with Crippen LogP contribution in [0.3, 0.4) is 0 Å². The quantitative estimate of drug-likeness (QED) is 0.682. The molecule has 0 heterocycles. The van der Waals surface area contributed by atoms with E-state index in [-0.39, 0.29) is 6.61 Å². The minimum Gasteiger partial charge on any atom is -0.399 e. The topological polar surface area (TPSA) is 49.5 Å². The number of hydrogen-bond donors (Lipinski definition) is 2. The molecule has 0 radical (unpaired) electrons. The van der Waals surface area contributed by atoms with E-state index in [2.05, 4.69) is 0 Å². The van der Waals surface area contributed by atoms with E-state index in [1.165, 1.54) is 0 Å². The molecule has 3 nitrogen and oxygen atoms in total. The van der Waals surface area contributed by atoms with Gasteiger partial charge in [-0.05, 0) is 30.7 Å². The molecule has 0 bridgehead atoms. The molecule has 3 N–H and O–H groups in total. The number of anilines is 2. The minimum atomic E-state index is 0.167. The Morgan fingerprint density at radius 3 is 2.69 bits per heavy atom. The van der Waals surface area contributed by atoms with Crippen LogP contribution in [0.5, 0.6) is 0 Å². The fraction of sp³-hybridized carbons (Fsp3) is 0.400. The molecule has 72 valence electrons. The van der Waals surface area contributed by atoms with Crippen LogP contribution in [0.25, 0.3) is 0 Å². The lowest BCUT2D eigenvalue weighted by Gasteiger charge is -2.20. The second-order valence-electron chi connectivity index (χ2n) is 3.19. The zero-order chi connectivity index (χ0) is 9.84. The lowest BCUT2D eigenvalue weighted by Crippen LogP contribution is -2.21. The normalized spacial score (nSPS) is 10.1. The second kappa shape index (κ2) is 4.14. The number of nitrogens with two attached hydrogens (primary N) is 1. The van der Waals surface area contributed by atoms with Crippen LogP contribution in [0.15, 0.2) is 18.2 Å². The summed E-state index contributed by atoms with van der Waals surface area (Å²) in [7, 11) is 1.95. The average molecular weight is 180 g/mol. The van der Waals surface area contributed by atoms with Gasteiger partial charge in [-0.2, -0.15) is 0 Å². The van der Waals surface area contributed by atoms with Gasteiger partial charge >= 0.3 is 0 Å². The van der Waals surface area contributed by atoms with Crippen LogP contribution < -0.4 is 10.6 Å². The Morgan fingerprint density at radius 1 is 1.46 bits per heavy atom. The first-order valence-electron chi connectivity index (χ1n) is 4.33. The third kappa shape index (κ3) is 2.36. The van der Waals surface area contributed by atoms with Crippen LogP contribution in [-0.2, 0) is 0 Å². The van der Waals surface area contributed by atoms with Crippen molar-refractivity contribution in [3.63, 3.8) is 0 Å². The van der Waals surface area contributed by atoms with Gasteiger partial charge in [0.2, 0.25) is 0 Å². The van der Waals surface area contributed by atoms with E-state index in [1.807, 2.05) is 37.1 Å². The molecule has 1 aromatic carbocycles. The third-order valence-corrected chi connectivity index (χ3v) is 2.07. The summed E-state index contributed by atoms with van der Waals surface area (Å²) >= 11 is 0. The Balaban J connectivity index is 2.88. The number of aliphatic hydroxyl groups excluding tert-OH is 1. The molecule has 0 spiro atoms. The first-order valence-corrected chi connectivity index (χ1v) is 4.33. The van der Waals surface area contributed by atoms with E-state index in [1.54, 1.807) is 0 Å². The largest absolute Gasteiger partial charge is 0.399 e. The van der Waals surface area contributed by atoms with Crippen LogP contribution >= 0.6 is 0 Å². The first kappa shape index (κ1) is 9.86. The van der Waals surface area contributed by atoms with E-state index < -0.39 is 0 Å². The van der Waals surface area contributed by atoms with Gasteiger partial charge in [-0.25, -0.2) is 0 Å². The highest BCUT2D eigenvalue weighted by molar-refractivity contribution is 5.58. The minimum absolute atomic E-state index is 0.167. The molecule has 0 aliphatic carbocycles. The summed E-state index contributed by atoms with van der Waals surface area (Å²) in [6.45, 7) is 2.82. The molecule has 13 heavy (non-hydrogen) atoms. The maximum atomic E-state index is 8.78. The lowest BCUT2D eigenvalue weighted by atomic mass is 10.1. The maximum Gasteiger partial charge on any atom is 0.0606 e. The maximum absolute atomic E-state index is 8.78. The number of rotatable bonds is 3. The molecule has 1 rings (SSSR count). The molecule has 0 fully saturated rings. The zero-order valence-corrected chi connectivity index (χ0v) is 8.12. The van der Waals surface area contributed by atoms with Gasteiger partial charge in [0.15, 0.2) is 0 Å². The van der Waals surface area contributed by atoms with Gasteiger partial charge < -0.3 is 15.7 Å². The Kier molecular flexibility index (Phi) is 3.14. The SMILES string of the molecule is Cc1cc(N)ccc1N(C)CCO. The number of nitrogen functional groups attached to an aromatic ring is 1. The number of benzene rings is 1. The molecule has 0 saturated carbocycles. The molecular formula is C10H16N2O. The highest BCUT2D eigenvalue weighted by atomic mass is 16.3. The number of hydrogen-bond acceptors (Lipinski definition) is 3. The molecular weight excluding hydrogens is 164 g/mol. The van der Waals surface area contributed by atoms with E-state index >= 15 is 0 Å². The van der Waals surface area contributed by atoms with Gasteiger partial charge in [0.05, 0.1) is 6.61 Å². The number of likely N-dealkylation sites (N-methyl/N-ethyl adjacent to an activating group) is 1. The van der Waals surface area contributed by atoms with Crippen LogP contribution in [0.2, 0.25) is 0 Å². The summed E-state index contributed by atoms with van der Waals surface area (Å²) in [5, 5.41) is 8.78. The predicted molar refractivity (Wildman–Crippen MR) is 55.9 cm³/mol. The third-order valence-electron chi connectivity index (χ3n) is 2.07. The molecule has 1 aromatic rings. The molecule has 0 saturated heterocycles. The molecule has 0 atom stereocenters. The first-order chi connectivity index (χ1) is 6.15. The molecule has 0 unspecified atom stereocenters. The van der Waals surface area contributed by atoms with Gasteiger partial charge in [-0.3, -0.25) is 0 Å². The second-order valence-corrected chi connectivity index (χ2v) is 3.19. The molecule has 3 heteroatoms. The number of aryl methyl sites for hydroxylation is 1. The van der Waals surface area contributed by atoms with Gasteiger partial charge in [-0.15, -0.1) is 0 Å². The summed E-state index contributed by atoms with van der Waals surface area (Å²) in [5.41, 5.74) is 8.66. The monoisotopic (exact) mass is 180 g/mol. The highest BCUT2D eigenvalue weighted by Gasteiger charge is 2.03. The van der Waals surface area contributed by atoms with Crippen molar-refractivity contribution in [2.24, 2.45) is 0 Å².